The van der Waals surface area contributed by atoms with Gasteiger partial charge in [-0.15, -0.1) is 0 Å². The molecule has 0 aromatic heterocycles. The maximum atomic E-state index is 11.5. The first-order valence-electron chi connectivity index (χ1n) is 5.80. The summed E-state index contributed by atoms with van der Waals surface area (Å²) in [6.45, 7) is 5.20. The summed E-state index contributed by atoms with van der Waals surface area (Å²) in [4.78, 5) is 0. The second-order valence-corrected chi connectivity index (χ2v) is 6.81. The first-order chi connectivity index (χ1) is 8.39. The second kappa shape index (κ2) is 4.68. The predicted octanol–water partition coefficient (Wildman–Crippen LogP) is 2.82. The van der Waals surface area contributed by atoms with Crippen molar-refractivity contribution in [1.29, 1.82) is 0 Å². The summed E-state index contributed by atoms with van der Waals surface area (Å²) < 4.78 is 25.7. The van der Waals surface area contributed by atoms with Gasteiger partial charge >= 0.3 is 0 Å². The molecule has 0 radical (unpaired) electrons. The van der Waals surface area contributed by atoms with Gasteiger partial charge in [0.05, 0.1) is 0 Å². The Labute approximate surface area is 113 Å². The Morgan fingerprint density at radius 2 is 1.94 bits per heavy atom. The zero-order valence-electron chi connectivity index (χ0n) is 10.2. The van der Waals surface area contributed by atoms with Crippen molar-refractivity contribution >= 4 is 21.6 Å². The van der Waals surface area contributed by atoms with Crippen molar-refractivity contribution in [1.82, 2.24) is 4.72 Å². The highest BCUT2D eigenvalue weighted by molar-refractivity contribution is 7.92. The molecule has 1 aromatic rings. The molecule has 1 N–H and O–H groups in total. The quantitative estimate of drug-likeness (QED) is 0.904. The molecular formula is C13H16ClNO2S. The highest BCUT2D eigenvalue weighted by atomic mass is 35.5. The zero-order valence-corrected chi connectivity index (χ0v) is 11.8. The summed E-state index contributed by atoms with van der Waals surface area (Å²) in [6.07, 6.45) is 1.96. The molecule has 0 bridgehead atoms. The molecular weight excluding hydrogens is 270 g/mol. The van der Waals surface area contributed by atoms with E-state index in [0.29, 0.717) is 5.02 Å². The Morgan fingerprint density at radius 1 is 1.39 bits per heavy atom. The van der Waals surface area contributed by atoms with Gasteiger partial charge in [0.25, 0.3) is 0 Å². The molecule has 98 valence electrons. The molecule has 0 heterocycles. The minimum absolute atomic E-state index is 0.0966. The van der Waals surface area contributed by atoms with Gasteiger partial charge in [-0.1, -0.05) is 30.3 Å². The average molecular weight is 286 g/mol. The van der Waals surface area contributed by atoms with Gasteiger partial charge in [-0.2, -0.15) is 0 Å². The third-order valence-electron chi connectivity index (χ3n) is 3.60. The molecule has 2 rings (SSSR count). The maximum Gasteiger partial charge on any atom is 0.233 e. The van der Waals surface area contributed by atoms with Gasteiger partial charge in [-0.25, -0.2) is 13.1 Å². The molecule has 18 heavy (non-hydrogen) atoms. The molecule has 1 aromatic carbocycles. The number of nitrogens with one attached hydrogen (secondary N) is 1. The summed E-state index contributed by atoms with van der Waals surface area (Å²) in [7, 11) is -3.39. The molecule has 3 nitrogen and oxygen atoms in total. The smallest absolute Gasteiger partial charge is 0.208 e. The Balaban J connectivity index is 2.22. The van der Waals surface area contributed by atoms with Crippen LogP contribution >= 0.6 is 11.6 Å². The van der Waals surface area contributed by atoms with E-state index in [1.54, 1.807) is 0 Å². The molecule has 0 amide bonds. The highest BCUT2D eigenvalue weighted by Crippen LogP contribution is 2.51. The normalized spacial score (nSPS) is 19.2. The number of halogens is 1. The number of benzene rings is 1. The van der Waals surface area contributed by atoms with Crippen molar-refractivity contribution < 1.29 is 8.42 Å². The van der Waals surface area contributed by atoms with Crippen LogP contribution in [0.3, 0.4) is 0 Å². The first kappa shape index (κ1) is 13.6. The molecule has 5 heteroatoms. The lowest BCUT2D eigenvalue weighted by atomic mass is 9.90. The molecule has 1 unspecified atom stereocenters. The van der Waals surface area contributed by atoms with Crippen molar-refractivity contribution in [2.24, 2.45) is 0 Å². The largest absolute Gasteiger partial charge is 0.233 e. The Bertz CT molecular complexity index is 547. The van der Waals surface area contributed by atoms with E-state index in [1.807, 2.05) is 31.2 Å². The van der Waals surface area contributed by atoms with Gasteiger partial charge in [0, 0.05) is 21.9 Å². The molecule has 1 atom stereocenters. The molecule has 1 fully saturated rings. The Kier molecular flexibility index (Phi) is 3.54. The van der Waals surface area contributed by atoms with Crippen LogP contribution in [0, 0.1) is 0 Å². The SMILES string of the molecule is C=CS(=O)(=O)NC(C)C1(c2ccc(Cl)cc2)CC1. The molecule has 0 spiro atoms. The Hall–Kier alpha value is -0.840. The van der Waals surface area contributed by atoms with Crippen LogP contribution in [0.5, 0.6) is 0 Å². The van der Waals surface area contributed by atoms with Crippen LogP contribution in [-0.4, -0.2) is 14.5 Å². The van der Waals surface area contributed by atoms with Gasteiger partial charge in [-0.3, -0.25) is 0 Å². The van der Waals surface area contributed by atoms with Crippen molar-refractivity contribution in [2.45, 2.75) is 31.2 Å². The monoisotopic (exact) mass is 285 g/mol. The zero-order chi connectivity index (χ0) is 13.4. The lowest BCUT2D eigenvalue weighted by molar-refractivity contribution is 0.498. The number of hydrogen-bond donors (Lipinski definition) is 1. The fourth-order valence-corrected chi connectivity index (χ4v) is 3.24. The van der Waals surface area contributed by atoms with E-state index in [1.165, 1.54) is 0 Å². The van der Waals surface area contributed by atoms with Gasteiger partial charge in [-0.05, 0) is 37.5 Å². The standard InChI is InChI=1S/C13H16ClNO2S/c1-3-18(16,17)15-10(2)13(8-9-13)11-4-6-12(14)7-5-11/h3-7,10,15H,1,8-9H2,2H3. The predicted molar refractivity (Wildman–Crippen MR) is 74.1 cm³/mol. The van der Waals surface area contributed by atoms with Crippen molar-refractivity contribution in [3.8, 4) is 0 Å². The fourth-order valence-electron chi connectivity index (χ4n) is 2.30. The van der Waals surface area contributed by atoms with Crippen molar-refractivity contribution in [2.75, 3.05) is 0 Å². The van der Waals surface area contributed by atoms with Crippen LogP contribution in [0.25, 0.3) is 0 Å². The van der Waals surface area contributed by atoms with Crippen LogP contribution in [0.15, 0.2) is 36.3 Å². The molecule has 0 aliphatic heterocycles. The van der Waals surface area contributed by atoms with Crippen LogP contribution in [0.1, 0.15) is 25.3 Å². The van der Waals surface area contributed by atoms with E-state index in [0.717, 1.165) is 23.8 Å². The van der Waals surface area contributed by atoms with Gasteiger partial charge in [0.2, 0.25) is 10.0 Å². The lowest BCUT2D eigenvalue weighted by Gasteiger charge is -2.24. The fraction of sp³-hybridized carbons (Fsp3) is 0.385. The van der Waals surface area contributed by atoms with Gasteiger partial charge < -0.3 is 0 Å². The van der Waals surface area contributed by atoms with Crippen LogP contribution < -0.4 is 4.72 Å². The average Bonchev–Trinajstić information content (AvgIpc) is 3.11. The summed E-state index contributed by atoms with van der Waals surface area (Å²) in [6, 6.07) is 7.46. The van der Waals surface area contributed by atoms with Crippen LogP contribution in [0.2, 0.25) is 5.02 Å². The van der Waals surface area contributed by atoms with Crippen LogP contribution in [0.4, 0.5) is 0 Å². The lowest BCUT2D eigenvalue weighted by Crippen LogP contribution is -2.40. The summed E-state index contributed by atoms with van der Waals surface area (Å²) in [5.41, 5.74) is 1.03. The van der Waals surface area contributed by atoms with Crippen LogP contribution in [-0.2, 0) is 15.4 Å². The van der Waals surface area contributed by atoms with E-state index < -0.39 is 10.0 Å². The summed E-state index contributed by atoms with van der Waals surface area (Å²) >= 11 is 5.87. The first-order valence-corrected chi connectivity index (χ1v) is 7.73. The minimum atomic E-state index is -3.39. The molecule has 1 saturated carbocycles. The summed E-state index contributed by atoms with van der Waals surface area (Å²) in [5.74, 6) is 0. The molecule has 1 aliphatic carbocycles. The van der Waals surface area contributed by atoms with E-state index >= 15 is 0 Å². The van der Waals surface area contributed by atoms with Crippen molar-refractivity contribution in [3.63, 3.8) is 0 Å². The maximum absolute atomic E-state index is 11.5. The highest BCUT2D eigenvalue weighted by Gasteiger charge is 2.49. The van der Waals surface area contributed by atoms with E-state index in [-0.39, 0.29) is 11.5 Å². The van der Waals surface area contributed by atoms with Gasteiger partial charge in [0.15, 0.2) is 0 Å². The number of rotatable bonds is 5. The minimum Gasteiger partial charge on any atom is -0.208 e. The third-order valence-corrected chi connectivity index (χ3v) is 4.97. The number of sulfonamides is 1. The Morgan fingerprint density at radius 3 is 2.39 bits per heavy atom. The van der Waals surface area contributed by atoms with E-state index in [2.05, 4.69) is 11.3 Å². The van der Waals surface area contributed by atoms with E-state index in [9.17, 15) is 8.42 Å². The number of hydrogen-bond acceptors (Lipinski definition) is 2. The topological polar surface area (TPSA) is 46.2 Å². The molecule has 0 saturated heterocycles. The second-order valence-electron chi connectivity index (χ2n) is 4.71. The van der Waals surface area contributed by atoms with Crippen molar-refractivity contribution in [3.05, 3.63) is 46.8 Å². The van der Waals surface area contributed by atoms with Gasteiger partial charge in [0.1, 0.15) is 0 Å². The van der Waals surface area contributed by atoms with E-state index in [4.69, 9.17) is 11.6 Å². The third kappa shape index (κ3) is 2.60. The molecule has 1 aliphatic rings. The summed E-state index contributed by atoms with van der Waals surface area (Å²) in [5, 5.41) is 1.63.